The minimum absolute atomic E-state index is 0.782. The first kappa shape index (κ1) is 20.8. The lowest BCUT2D eigenvalue weighted by Gasteiger charge is -2.28. The molecule has 0 bridgehead atoms. The highest BCUT2D eigenvalue weighted by atomic mass is 16.5. The van der Waals surface area contributed by atoms with Crippen LogP contribution in [0.5, 0.6) is 5.75 Å². The van der Waals surface area contributed by atoms with Crippen molar-refractivity contribution in [3.8, 4) is 17.0 Å². The minimum atomic E-state index is 0.782. The third-order valence-corrected chi connectivity index (χ3v) is 6.11. The third kappa shape index (κ3) is 6.32. The molecule has 1 saturated carbocycles. The van der Waals surface area contributed by atoms with Crippen LogP contribution in [0.4, 0.5) is 0 Å². The maximum Gasteiger partial charge on any atom is 0.119 e. The Labute approximate surface area is 170 Å². The first-order valence-corrected chi connectivity index (χ1v) is 11.3. The highest BCUT2D eigenvalue weighted by Crippen LogP contribution is 2.33. The molecule has 1 aromatic heterocycles. The summed E-state index contributed by atoms with van der Waals surface area (Å²) in [5.41, 5.74) is 3.15. The topological polar surface area (TPSA) is 35.0 Å². The highest BCUT2D eigenvalue weighted by molar-refractivity contribution is 5.59. The van der Waals surface area contributed by atoms with Crippen molar-refractivity contribution in [3.63, 3.8) is 0 Å². The van der Waals surface area contributed by atoms with Crippen LogP contribution in [0.3, 0.4) is 0 Å². The molecule has 3 heteroatoms. The van der Waals surface area contributed by atoms with Gasteiger partial charge in [0.05, 0.1) is 18.0 Å². The number of benzene rings is 1. The van der Waals surface area contributed by atoms with E-state index in [0.717, 1.165) is 60.4 Å². The maximum atomic E-state index is 5.73. The Bertz CT molecular complexity index is 673. The van der Waals surface area contributed by atoms with Gasteiger partial charge in [-0.2, -0.15) is 10.2 Å². The largest absolute Gasteiger partial charge is 0.494 e. The molecule has 0 unspecified atom stereocenters. The molecule has 0 atom stereocenters. The molecule has 0 amide bonds. The van der Waals surface area contributed by atoms with E-state index in [1.54, 1.807) is 0 Å². The van der Waals surface area contributed by atoms with Crippen LogP contribution in [0.25, 0.3) is 11.3 Å². The Kier molecular flexibility index (Phi) is 8.32. The quantitative estimate of drug-likeness (QED) is 0.422. The molecule has 1 aliphatic carbocycles. The summed E-state index contributed by atoms with van der Waals surface area (Å²) < 4.78 is 5.73. The Morgan fingerprint density at radius 3 is 2.14 bits per heavy atom. The number of nitrogens with zero attached hydrogens (tertiary/aromatic N) is 2. The van der Waals surface area contributed by atoms with Crippen molar-refractivity contribution in [2.24, 2.45) is 11.8 Å². The molecular weight excluding hydrogens is 344 g/mol. The van der Waals surface area contributed by atoms with Crippen molar-refractivity contribution in [2.75, 3.05) is 6.61 Å². The lowest BCUT2D eigenvalue weighted by Crippen LogP contribution is -2.15. The highest BCUT2D eigenvalue weighted by Gasteiger charge is 2.20. The number of ether oxygens (including phenoxy) is 1. The zero-order valence-electron chi connectivity index (χ0n) is 17.7. The van der Waals surface area contributed by atoms with Gasteiger partial charge in [-0.05, 0) is 67.5 Å². The number of aromatic nitrogens is 2. The van der Waals surface area contributed by atoms with E-state index in [0.29, 0.717) is 0 Å². The van der Waals surface area contributed by atoms with Gasteiger partial charge in [0.25, 0.3) is 0 Å². The van der Waals surface area contributed by atoms with Crippen LogP contribution in [0, 0.1) is 11.8 Å². The molecule has 1 fully saturated rings. The minimum Gasteiger partial charge on any atom is -0.494 e. The molecule has 1 aliphatic rings. The SMILES string of the molecule is CCCCOc1ccc(-c2ccc(CCC3CCC(CCC)CC3)nn2)cc1. The average Bonchev–Trinajstić information content (AvgIpc) is 2.75. The number of unbranched alkanes of at least 4 members (excludes halogenated alkanes) is 1. The molecule has 1 aromatic carbocycles. The zero-order valence-corrected chi connectivity index (χ0v) is 17.7. The normalized spacial score (nSPS) is 19.5. The van der Waals surface area contributed by atoms with Crippen LogP contribution in [-0.4, -0.2) is 16.8 Å². The van der Waals surface area contributed by atoms with E-state index in [1.807, 2.05) is 12.1 Å². The summed E-state index contributed by atoms with van der Waals surface area (Å²) in [5.74, 6) is 2.80. The van der Waals surface area contributed by atoms with Crippen molar-refractivity contribution in [3.05, 3.63) is 42.1 Å². The fraction of sp³-hybridized carbons (Fsp3) is 0.600. The monoisotopic (exact) mass is 380 g/mol. The average molecular weight is 381 g/mol. The number of hydrogen-bond acceptors (Lipinski definition) is 3. The molecule has 0 aliphatic heterocycles. The summed E-state index contributed by atoms with van der Waals surface area (Å²) in [4.78, 5) is 0. The lowest BCUT2D eigenvalue weighted by molar-refractivity contribution is 0.252. The molecule has 152 valence electrons. The lowest BCUT2D eigenvalue weighted by atomic mass is 9.78. The molecule has 0 N–H and O–H groups in total. The Hall–Kier alpha value is -1.90. The van der Waals surface area contributed by atoms with Gasteiger partial charge in [-0.1, -0.05) is 58.8 Å². The van der Waals surface area contributed by atoms with Gasteiger partial charge in [-0.15, -0.1) is 0 Å². The van der Waals surface area contributed by atoms with Crippen molar-refractivity contribution < 1.29 is 4.74 Å². The van der Waals surface area contributed by atoms with Crippen molar-refractivity contribution in [2.45, 2.75) is 78.1 Å². The molecule has 0 radical (unpaired) electrons. The third-order valence-electron chi connectivity index (χ3n) is 6.11. The molecule has 0 spiro atoms. The van der Waals surface area contributed by atoms with Crippen LogP contribution in [0.1, 0.15) is 77.3 Å². The van der Waals surface area contributed by atoms with Crippen LogP contribution < -0.4 is 4.74 Å². The van der Waals surface area contributed by atoms with Gasteiger partial charge in [0.15, 0.2) is 0 Å². The number of hydrogen-bond donors (Lipinski definition) is 0. The van der Waals surface area contributed by atoms with Gasteiger partial charge in [0.2, 0.25) is 0 Å². The van der Waals surface area contributed by atoms with E-state index in [-0.39, 0.29) is 0 Å². The maximum absolute atomic E-state index is 5.73. The Morgan fingerprint density at radius 2 is 1.54 bits per heavy atom. The summed E-state index contributed by atoms with van der Waals surface area (Å²) in [6.07, 6.45) is 13.0. The van der Waals surface area contributed by atoms with Gasteiger partial charge in [0.1, 0.15) is 5.75 Å². The fourth-order valence-corrected chi connectivity index (χ4v) is 4.27. The smallest absolute Gasteiger partial charge is 0.119 e. The summed E-state index contributed by atoms with van der Waals surface area (Å²) >= 11 is 0. The van der Waals surface area contributed by atoms with Gasteiger partial charge >= 0.3 is 0 Å². The standard InChI is InChI=1S/C25H36N2O/c1-3-5-19-28-24-16-12-22(13-17-24)25-18-15-23(26-27-25)14-11-21-9-7-20(6-4-2)8-10-21/h12-13,15-18,20-21H,3-11,14,19H2,1-2H3. The van der Waals surface area contributed by atoms with Crippen molar-refractivity contribution in [1.29, 1.82) is 0 Å². The predicted molar refractivity (Wildman–Crippen MR) is 117 cm³/mol. The second kappa shape index (κ2) is 11.2. The van der Waals surface area contributed by atoms with Crippen LogP contribution in [-0.2, 0) is 6.42 Å². The van der Waals surface area contributed by atoms with Crippen LogP contribution >= 0.6 is 0 Å². The van der Waals surface area contributed by atoms with E-state index in [9.17, 15) is 0 Å². The first-order chi connectivity index (χ1) is 13.8. The summed E-state index contributed by atoms with van der Waals surface area (Å²) in [6, 6.07) is 12.4. The van der Waals surface area contributed by atoms with Gasteiger partial charge in [-0.3, -0.25) is 0 Å². The van der Waals surface area contributed by atoms with Crippen LogP contribution in [0.2, 0.25) is 0 Å². The van der Waals surface area contributed by atoms with E-state index in [1.165, 1.54) is 44.9 Å². The van der Waals surface area contributed by atoms with E-state index >= 15 is 0 Å². The molecule has 0 saturated heterocycles. The molecule has 1 heterocycles. The van der Waals surface area contributed by atoms with E-state index in [4.69, 9.17) is 4.74 Å². The Morgan fingerprint density at radius 1 is 0.821 bits per heavy atom. The summed E-state index contributed by atoms with van der Waals surface area (Å²) in [5, 5.41) is 8.95. The predicted octanol–water partition coefficient (Wildman–Crippen LogP) is 6.86. The summed E-state index contributed by atoms with van der Waals surface area (Å²) in [6.45, 7) is 5.27. The van der Waals surface area contributed by atoms with Crippen LogP contribution in [0.15, 0.2) is 36.4 Å². The van der Waals surface area contributed by atoms with Gasteiger partial charge in [0, 0.05) is 5.56 Å². The molecule has 3 nitrogen and oxygen atoms in total. The van der Waals surface area contributed by atoms with E-state index < -0.39 is 0 Å². The van der Waals surface area contributed by atoms with Crippen molar-refractivity contribution in [1.82, 2.24) is 10.2 Å². The zero-order chi connectivity index (χ0) is 19.6. The molecule has 3 rings (SSSR count). The van der Waals surface area contributed by atoms with Gasteiger partial charge in [-0.25, -0.2) is 0 Å². The van der Waals surface area contributed by atoms with Crippen molar-refractivity contribution >= 4 is 0 Å². The molecular formula is C25H36N2O. The van der Waals surface area contributed by atoms with Gasteiger partial charge < -0.3 is 4.74 Å². The second-order valence-corrected chi connectivity index (χ2v) is 8.35. The first-order valence-electron chi connectivity index (χ1n) is 11.3. The van der Waals surface area contributed by atoms with E-state index in [2.05, 4.69) is 48.3 Å². The number of rotatable bonds is 10. The molecule has 28 heavy (non-hydrogen) atoms. The number of aryl methyl sites for hydroxylation is 1. The second-order valence-electron chi connectivity index (χ2n) is 8.35. The fourth-order valence-electron chi connectivity index (χ4n) is 4.27. The Balaban J connectivity index is 1.46. The molecule has 2 aromatic rings. The summed E-state index contributed by atoms with van der Waals surface area (Å²) in [7, 11) is 0.